The van der Waals surface area contributed by atoms with Gasteiger partial charge in [0.2, 0.25) is 5.95 Å². The molecule has 0 spiro atoms. The van der Waals surface area contributed by atoms with Crippen LogP contribution in [0.3, 0.4) is 0 Å². The number of ether oxygens (including phenoxy) is 1. The fourth-order valence-electron chi connectivity index (χ4n) is 2.10. The third-order valence-electron chi connectivity index (χ3n) is 3.22. The summed E-state index contributed by atoms with van der Waals surface area (Å²) in [6.07, 6.45) is 6.42. The standard InChI is InChI=1S/C14H22N4O2/c1-14(2,11-17-12-15-7-6-8-16-12)20-13(19)18-9-4-3-5-10-18/h6-8H,3-5,9-11H2,1-2H3,(H,15,16,17). The van der Waals surface area contributed by atoms with Gasteiger partial charge in [0.05, 0.1) is 6.54 Å². The quantitative estimate of drug-likeness (QED) is 0.915. The van der Waals surface area contributed by atoms with Crippen LogP contribution < -0.4 is 5.32 Å². The number of likely N-dealkylation sites (tertiary alicyclic amines) is 1. The van der Waals surface area contributed by atoms with Crippen molar-refractivity contribution in [1.29, 1.82) is 0 Å². The summed E-state index contributed by atoms with van der Waals surface area (Å²) < 4.78 is 5.57. The van der Waals surface area contributed by atoms with Crippen molar-refractivity contribution in [1.82, 2.24) is 14.9 Å². The Hall–Kier alpha value is -1.85. The lowest BCUT2D eigenvalue weighted by Gasteiger charge is -2.31. The van der Waals surface area contributed by atoms with Gasteiger partial charge in [0.1, 0.15) is 5.60 Å². The Morgan fingerprint density at radius 2 is 1.95 bits per heavy atom. The van der Waals surface area contributed by atoms with E-state index < -0.39 is 5.60 Å². The second kappa shape index (κ2) is 6.54. The number of anilines is 1. The number of hydrogen-bond acceptors (Lipinski definition) is 5. The van der Waals surface area contributed by atoms with E-state index in [1.54, 1.807) is 23.4 Å². The zero-order chi connectivity index (χ0) is 14.4. The van der Waals surface area contributed by atoms with Crippen LogP contribution in [0.15, 0.2) is 18.5 Å². The highest BCUT2D eigenvalue weighted by molar-refractivity contribution is 5.68. The molecule has 110 valence electrons. The second-order valence-corrected chi connectivity index (χ2v) is 5.60. The molecule has 1 aliphatic rings. The first-order chi connectivity index (χ1) is 9.57. The molecule has 6 heteroatoms. The van der Waals surface area contributed by atoms with Crippen LogP contribution in [-0.2, 0) is 4.74 Å². The number of aromatic nitrogens is 2. The summed E-state index contributed by atoms with van der Waals surface area (Å²) in [4.78, 5) is 22.0. The Bertz CT molecular complexity index is 430. The number of carbonyl (C=O) groups excluding carboxylic acids is 1. The van der Waals surface area contributed by atoms with Gasteiger partial charge < -0.3 is 15.0 Å². The highest BCUT2D eigenvalue weighted by Gasteiger charge is 2.27. The van der Waals surface area contributed by atoms with E-state index in [4.69, 9.17) is 4.74 Å². The molecule has 2 rings (SSSR count). The van der Waals surface area contributed by atoms with Gasteiger partial charge >= 0.3 is 6.09 Å². The lowest BCUT2D eigenvalue weighted by Crippen LogP contribution is -2.43. The third kappa shape index (κ3) is 4.36. The molecule has 1 aromatic heterocycles. The summed E-state index contributed by atoms with van der Waals surface area (Å²) in [7, 11) is 0. The Morgan fingerprint density at radius 1 is 1.30 bits per heavy atom. The van der Waals surface area contributed by atoms with E-state index in [0.29, 0.717) is 12.5 Å². The lowest BCUT2D eigenvalue weighted by atomic mass is 10.1. The fraction of sp³-hybridized carbons (Fsp3) is 0.643. The SMILES string of the molecule is CC(C)(CNc1ncccn1)OC(=O)N1CCCCC1. The Morgan fingerprint density at radius 3 is 2.60 bits per heavy atom. The van der Waals surface area contributed by atoms with Crippen LogP contribution in [-0.4, -0.2) is 46.2 Å². The minimum atomic E-state index is -0.603. The van der Waals surface area contributed by atoms with Gasteiger partial charge in [-0.3, -0.25) is 0 Å². The van der Waals surface area contributed by atoms with Crippen LogP contribution in [0.5, 0.6) is 0 Å². The average Bonchev–Trinajstić information content (AvgIpc) is 2.47. The van der Waals surface area contributed by atoms with Crippen molar-refractivity contribution in [3.8, 4) is 0 Å². The van der Waals surface area contributed by atoms with Crippen LogP contribution >= 0.6 is 0 Å². The number of nitrogens with zero attached hydrogens (tertiary/aromatic N) is 3. The second-order valence-electron chi connectivity index (χ2n) is 5.60. The molecule has 0 saturated carbocycles. The molecule has 1 aliphatic heterocycles. The van der Waals surface area contributed by atoms with Gasteiger partial charge in [-0.2, -0.15) is 0 Å². The zero-order valence-corrected chi connectivity index (χ0v) is 12.1. The molecule has 0 radical (unpaired) electrons. The summed E-state index contributed by atoms with van der Waals surface area (Å²) in [5, 5.41) is 3.08. The normalized spacial score (nSPS) is 15.8. The summed E-state index contributed by atoms with van der Waals surface area (Å²) in [5.74, 6) is 0.537. The highest BCUT2D eigenvalue weighted by atomic mass is 16.6. The van der Waals surface area contributed by atoms with Crippen molar-refractivity contribution in [2.45, 2.75) is 38.7 Å². The molecular formula is C14H22N4O2. The van der Waals surface area contributed by atoms with E-state index in [9.17, 15) is 4.79 Å². The lowest BCUT2D eigenvalue weighted by molar-refractivity contribution is 0.0181. The van der Waals surface area contributed by atoms with E-state index in [1.165, 1.54) is 6.42 Å². The van der Waals surface area contributed by atoms with Crippen LogP contribution in [0.1, 0.15) is 33.1 Å². The molecular weight excluding hydrogens is 256 g/mol. The largest absolute Gasteiger partial charge is 0.442 e. The first-order valence-electron chi connectivity index (χ1n) is 7.06. The molecule has 1 N–H and O–H groups in total. The summed E-state index contributed by atoms with van der Waals surface area (Å²) in [6, 6.07) is 1.76. The molecule has 1 fully saturated rings. The van der Waals surface area contributed by atoms with Crippen molar-refractivity contribution in [3.05, 3.63) is 18.5 Å². The van der Waals surface area contributed by atoms with E-state index in [1.807, 2.05) is 13.8 Å². The molecule has 0 bridgehead atoms. The predicted molar refractivity (Wildman–Crippen MR) is 76.5 cm³/mol. The molecule has 1 saturated heterocycles. The van der Waals surface area contributed by atoms with Crippen molar-refractivity contribution in [2.24, 2.45) is 0 Å². The Labute approximate surface area is 119 Å². The van der Waals surface area contributed by atoms with E-state index in [2.05, 4.69) is 15.3 Å². The van der Waals surface area contributed by atoms with Crippen molar-refractivity contribution in [3.63, 3.8) is 0 Å². The summed E-state index contributed by atoms with van der Waals surface area (Å²) in [6.45, 7) is 5.82. The number of hydrogen-bond donors (Lipinski definition) is 1. The first-order valence-corrected chi connectivity index (χ1v) is 7.06. The van der Waals surface area contributed by atoms with Gasteiger partial charge in [-0.25, -0.2) is 14.8 Å². The molecule has 0 atom stereocenters. The molecule has 0 aliphatic carbocycles. The van der Waals surface area contributed by atoms with Crippen LogP contribution in [0, 0.1) is 0 Å². The summed E-state index contributed by atoms with van der Waals surface area (Å²) >= 11 is 0. The topological polar surface area (TPSA) is 67.4 Å². The van der Waals surface area contributed by atoms with Gasteiger partial charge in [-0.1, -0.05) is 0 Å². The van der Waals surface area contributed by atoms with Gasteiger partial charge in [-0.15, -0.1) is 0 Å². The molecule has 6 nitrogen and oxygen atoms in total. The third-order valence-corrected chi connectivity index (χ3v) is 3.22. The minimum Gasteiger partial charge on any atom is -0.442 e. The maximum absolute atomic E-state index is 12.1. The smallest absolute Gasteiger partial charge is 0.410 e. The van der Waals surface area contributed by atoms with E-state index >= 15 is 0 Å². The van der Waals surface area contributed by atoms with Gasteiger partial charge in [0.15, 0.2) is 0 Å². The Balaban J connectivity index is 1.82. The average molecular weight is 278 g/mol. The first kappa shape index (κ1) is 14.6. The monoisotopic (exact) mass is 278 g/mol. The van der Waals surface area contributed by atoms with Crippen LogP contribution in [0.25, 0.3) is 0 Å². The van der Waals surface area contributed by atoms with E-state index in [0.717, 1.165) is 25.9 Å². The predicted octanol–water partition coefficient (Wildman–Crippen LogP) is 2.29. The molecule has 1 aromatic rings. The van der Waals surface area contributed by atoms with Crippen LogP contribution in [0.2, 0.25) is 0 Å². The molecule has 1 amide bonds. The maximum Gasteiger partial charge on any atom is 0.410 e. The van der Waals surface area contributed by atoms with Gasteiger partial charge in [-0.05, 0) is 39.2 Å². The number of rotatable bonds is 4. The number of nitrogens with one attached hydrogen (secondary N) is 1. The highest BCUT2D eigenvalue weighted by Crippen LogP contribution is 2.15. The number of piperidine rings is 1. The fourth-order valence-corrected chi connectivity index (χ4v) is 2.10. The number of amides is 1. The van der Waals surface area contributed by atoms with Crippen molar-refractivity contribution >= 4 is 12.0 Å². The molecule has 0 unspecified atom stereocenters. The van der Waals surface area contributed by atoms with Gasteiger partial charge in [0.25, 0.3) is 0 Å². The molecule has 2 heterocycles. The van der Waals surface area contributed by atoms with Gasteiger partial charge in [0, 0.05) is 25.5 Å². The van der Waals surface area contributed by atoms with E-state index in [-0.39, 0.29) is 6.09 Å². The van der Waals surface area contributed by atoms with Crippen molar-refractivity contribution < 1.29 is 9.53 Å². The van der Waals surface area contributed by atoms with Crippen LogP contribution in [0.4, 0.5) is 10.7 Å². The number of carbonyl (C=O) groups is 1. The molecule has 0 aromatic carbocycles. The van der Waals surface area contributed by atoms with Crippen molar-refractivity contribution in [2.75, 3.05) is 25.0 Å². The zero-order valence-electron chi connectivity index (χ0n) is 12.1. The minimum absolute atomic E-state index is 0.231. The summed E-state index contributed by atoms with van der Waals surface area (Å²) in [5.41, 5.74) is -0.603. The molecule has 20 heavy (non-hydrogen) atoms. The maximum atomic E-state index is 12.1. The Kier molecular flexibility index (Phi) is 4.76.